The second kappa shape index (κ2) is 8.74. The lowest BCUT2D eigenvalue weighted by molar-refractivity contribution is 0.557. The highest BCUT2D eigenvalue weighted by Gasteiger charge is 2.16. The van der Waals surface area contributed by atoms with Crippen molar-refractivity contribution in [2.75, 3.05) is 0 Å². The van der Waals surface area contributed by atoms with E-state index in [0.717, 1.165) is 22.1 Å². The van der Waals surface area contributed by atoms with Crippen molar-refractivity contribution in [2.24, 2.45) is 0 Å². The van der Waals surface area contributed by atoms with Gasteiger partial charge < -0.3 is 4.42 Å². The van der Waals surface area contributed by atoms with Crippen LogP contribution in [0.4, 0.5) is 4.39 Å². The third-order valence-electron chi connectivity index (χ3n) is 5.78. The molecule has 170 valence electrons. The summed E-state index contributed by atoms with van der Waals surface area (Å²) in [6.07, 6.45) is 0. The van der Waals surface area contributed by atoms with Crippen LogP contribution in [0.15, 0.2) is 79.8 Å². The molecule has 2 aromatic heterocycles. The van der Waals surface area contributed by atoms with Gasteiger partial charge in [-0.05, 0) is 60.9 Å². The van der Waals surface area contributed by atoms with Gasteiger partial charge in [0.2, 0.25) is 0 Å². The van der Waals surface area contributed by atoms with Crippen molar-refractivity contribution < 1.29 is 8.81 Å². The number of fused-ring (bicyclic) bond motifs is 2. The summed E-state index contributed by atoms with van der Waals surface area (Å²) in [4.78, 5) is 30.4. The summed E-state index contributed by atoms with van der Waals surface area (Å²) in [5, 5.41) is 1.57. The Morgan fingerprint density at radius 3 is 2.62 bits per heavy atom. The van der Waals surface area contributed by atoms with Crippen molar-refractivity contribution in [3.63, 3.8) is 0 Å². The van der Waals surface area contributed by atoms with Crippen molar-refractivity contribution in [1.29, 1.82) is 0 Å². The van der Waals surface area contributed by atoms with Crippen molar-refractivity contribution in [3.8, 4) is 5.69 Å². The van der Waals surface area contributed by atoms with Crippen LogP contribution in [0.5, 0.6) is 0 Å². The standard InChI is InChI=1S/C26H18ClFN2O3S/c1-14-7-9-18-16(11-23(31)33-24(18)15(14)2)13-34-26-29-22-6-4-3-5-19(22)25(32)30(26)17-8-10-21(28)20(27)12-17/h3-12H,13H2,1-2H3. The molecule has 0 radical (unpaired) electrons. The molecule has 0 saturated carbocycles. The fraction of sp³-hybridized carbons (Fsp3) is 0.115. The van der Waals surface area contributed by atoms with E-state index in [2.05, 4.69) is 0 Å². The number of hydrogen-bond acceptors (Lipinski definition) is 5. The van der Waals surface area contributed by atoms with E-state index in [1.165, 1.54) is 40.6 Å². The average Bonchev–Trinajstić information content (AvgIpc) is 2.82. The maximum atomic E-state index is 13.8. The zero-order valence-electron chi connectivity index (χ0n) is 18.3. The summed E-state index contributed by atoms with van der Waals surface area (Å²) in [6.45, 7) is 3.88. The number of aryl methyl sites for hydroxylation is 2. The van der Waals surface area contributed by atoms with E-state index in [1.807, 2.05) is 32.0 Å². The summed E-state index contributed by atoms with van der Waals surface area (Å²) in [5.74, 6) is -0.209. The van der Waals surface area contributed by atoms with Gasteiger partial charge in [0.05, 0.1) is 21.6 Å². The van der Waals surface area contributed by atoms with Gasteiger partial charge in [0.1, 0.15) is 11.4 Å². The first-order chi connectivity index (χ1) is 16.3. The molecule has 0 amide bonds. The molecule has 34 heavy (non-hydrogen) atoms. The maximum Gasteiger partial charge on any atom is 0.336 e. The summed E-state index contributed by atoms with van der Waals surface area (Å²) in [6, 6.07) is 16.5. The number of hydrogen-bond donors (Lipinski definition) is 0. The van der Waals surface area contributed by atoms with E-state index in [0.29, 0.717) is 33.1 Å². The van der Waals surface area contributed by atoms with Gasteiger partial charge in [0, 0.05) is 17.2 Å². The molecular weight excluding hydrogens is 475 g/mol. The minimum absolute atomic E-state index is 0.0917. The summed E-state index contributed by atoms with van der Waals surface area (Å²) < 4.78 is 20.7. The minimum atomic E-state index is -0.574. The van der Waals surface area contributed by atoms with Crippen LogP contribution in [0.1, 0.15) is 16.7 Å². The zero-order valence-corrected chi connectivity index (χ0v) is 19.8. The molecule has 8 heteroatoms. The number of rotatable bonds is 4. The summed E-state index contributed by atoms with van der Waals surface area (Å²) >= 11 is 7.31. The summed E-state index contributed by atoms with van der Waals surface area (Å²) in [5.41, 5.74) is 3.47. The molecule has 5 aromatic rings. The fourth-order valence-corrected chi connectivity index (χ4v) is 5.03. The van der Waals surface area contributed by atoms with Crippen molar-refractivity contribution >= 4 is 45.2 Å². The molecule has 0 aliphatic rings. The Bertz CT molecular complexity index is 1710. The van der Waals surface area contributed by atoms with Gasteiger partial charge in [0.15, 0.2) is 5.16 Å². The molecule has 5 nitrogen and oxygen atoms in total. The molecular formula is C26H18ClFN2O3S. The fourth-order valence-electron chi connectivity index (χ4n) is 3.85. The van der Waals surface area contributed by atoms with Gasteiger partial charge >= 0.3 is 5.63 Å². The van der Waals surface area contributed by atoms with Crippen molar-refractivity contribution in [3.05, 3.63) is 109 Å². The van der Waals surface area contributed by atoms with E-state index in [9.17, 15) is 14.0 Å². The first kappa shape index (κ1) is 22.4. The Hall–Kier alpha value is -3.42. The summed E-state index contributed by atoms with van der Waals surface area (Å²) in [7, 11) is 0. The molecule has 0 saturated heterocycles. The molecule has 5 rings (SSSR count). The first-order valence-electron chi connectivity index (χ1n) is 10.5. The Morgan fingerprint density at radius 1 is 1.03 bits per heavy atom. The maximum absolute atomic E-state index is 13.8. The Kier molecular flexibility index (Phi) is 5.75. The van der Waals surface area contributed by atoms with Crippen molar-refractivity contribution in [2.45, 2.75) is 24.8 Å². The highest BCUT2D eigenvalue weighted by atomic mass is 35.5. The number of halogens is 2. The minimum Gasteiger partial charge on any atom is -0.422 e. The predicted molar refractivity (Wildman–Crippen MR) is 134 cm³/mol. The molecule has 0 aliphatic heterocycles. The van der Waals surface area contributed by atoms with Crippen molar-refractivity contribution in [1.82, 2.24) is 9.55 Å². The van der Waals surface area contributed by atoms with Gasteiger partial charge in [-0.15, -0.1) is 0 Å². The number of aromatic nitrogens is 2. The monoisotopic (exact) mass is 492 g/mol. The number of para-hydroxylation sites is 1. The number of thioether (sulfide) groups is 1. The average molecular weight is 493 g/mol. The highest BCUT2D eigenvalue weighted by Crippen LogP contribution is 2.30. The van der Waals surface area contributed by atoms with Gasteiger partial charge in [-0.1, -0.05) is 47.6 Å². The second-order valence-corrected chi connectivity index (χ2v) is 9.26. The lowest BCUT2D eigenvalue weighted by Crippen LogP contribution is -2.21. The SMILES string of the molecule is Cc1ccc2c(CSc3nc4ccccc4c(=O)n3-c3ccc(F)c(Cl)c3)cc(=O)oc2c1C. The third-order valence-corrected chi connectivity index (χ3v) is 7.06. The molecule has 0 spiro atoms. The molecule has 2 heterocycles. The quantitative estimate of drug-likeness (QED) is 0.170. The van der Waals surface area contributed by atoms with Gasteiger partial charge in [0.25, 0.3) is 5.56 Å². The smallest absolute Gasteiger partial charge is 0.336 e. The van der Waals surface area contributed by atoms with Crippen LogP contribution in [0, 0.1) is 19.7 Å². The van der Waals surface area contributed by atoms with E-state index in [1.54, 1.807) is 18.2 Å². The van der Waals surface area contributed by atoms with Crippen LogP contribution >= 0.6 is 23.4 Å². The predicted octanol–water partition coefficient (Wildman–Crippen LogP) is 6.19. The molecule has 0 N–H and O–H groups in total. The number of nitrogens with zero attached hydrogens (tertiary/aromatic N) is 2. The zero-order chi connectivity index (χ0) is 24.0. The van der Waals surface area contributed by atoms with Crippen LogP contribution in [0.2, 0.25) is 5.02 Å². The lowest BCUT2D eigenvalue weighted by atomic mass is 10.0. The lowest BCUT2D eigenvalue weighted by Gasteiger charge is -2.14. The topological polar surface area (TPSA) is 65.1 Å². The third kappa shape index (κ3) is 3.91. The van der Waals surface area contributed by atoms with E-state index in [-0.39, 0.29) is 10.6 Å². The Balaban J connectivity index is 1.66. The highest BCUT2D eigenvalue weighted by molar-refractivity contribution is 7.98. The largest absolute Gasteiger partial charge is 0.422 e. The molecule has 0 aliphatic carbocycles. The van der Waals surface area contributed by atoms with Crippen LogP contribution < -0.4 is 11.2 Å². The van der Waals surface area contributed by atoms with Crippen LogP contribution in [-0.4, -0.2) is 9.55 Å². The molecule has 3 aromatic carbocycles. The Labute approximate surface area is 202 Å². The van der Waals surface area contributed by atoms with Gasteiger partial charge in [-0.25, -0.2) is 14.2 Å². The van der Waals surface area contributed by atoms with Gasteiger partial charge in [-0.3, -0.25) is 9.36 Å². The van der Waals surface area contributed by atoms with Gasteiger partial charge in [-0.2, -0.15) is 0 Å². The van der Waals surface area contributed by atoms with Crippen LogP contribution in [0.3, 0.4) is 0 Å². The first-order valence-corrected chi connectivity index (χ1v) is 11.8. The Morgan fingerprint density at radius 2 is 1.82 bits per heavy atom. The molecule has 0 unspecified atom stereocenters. The van der Waals surface area contributed by atoms with E-state index >= 15 is 0 Å². The normalized spacial score (nSPS) is 11.4. The van der Waals surface area contributed by atoms with Crippen LogP contribution in [-0.2, 0) is 5.75 Å². The molecule has 0 bridgehead atoms. The second-order valence-electron chi connectivity index (χ2n) is 7.91. The van der Waals surface area contributed by atoms with E-state index in [4.69, 9.17) is 21.0 Å². The molecule has 0 fully saturated rings. The van der Waals surface area contributed by atoms with E-state index < -0.39 is 11.4 Å². The molecule has 0 atom stereocenters. The van der Waals surface area contributed by atoms with Crippen LogP contribution in [0.25, 0.3) is 27.6 Å². The number of benzene rings is 3.